The van der Waals surface area contributed by atoms with Gasteiger partial charge in [0, 0.05) is 25.0 Å². The highest BCUT2D eigenvalue weighted by Gasteiger charge is 2.30. The van der Waals surface area contributed by atoms with E-state index in [1.165, 1.54) is 16.2 Å². The Kier molecular flexibility index (Phi) is 5.58. The lowest BCUT2D eigenvalue weighted by Gasteiger charge is -2.19. The fourth-order valence-corrected chi connectivity index (χ4v) is 3.82. The lowest BCUT2D eigenvalue weighted by molar-refractivity contribution is -0.137. The normalized spacial score (nSPS) is 15.6. The largest absolute Gasteiger partial charge is 0.416 e. The van der Waals surface area contributed by atoms with Crippen molar-refractivity contribution in [2.24, 2.45) is 7.05 Å². The molecule has 0 saturated heterocycles. The SMILES string of the molecule is C[C@@H](Nc1nc(=O)n(C)c2ccc(C3=CCNCC3)cc12)c1cccc(C(F)(F)F)c1. The Hall–Kier alpha value is -3.13. The average molecular weight is 428 g/mol. The lowest BCUT2D eigenvalue weighted by Crippen LogP contribution is -2.23. The third-order valence-electron chi connectivity index (χ3n) is 5.61. The monoisotopic (exact) mass is 428 g/mol. The maximum absolute atomic E-state index is 13.1. The van der Waals surface area contributed by atoms with Gasteiger partial charge in [0.1, 0.15) is 5.82 Å². The Labute approximate surface area is 177 Å². The number of hydrogen-bond donors (Lipinski definition) is 2. The predicted molar refractivity (Wildman–Crippen MR) is 116 cm³/mol. The fraction of sp³-hybridized carbons (Fsp3) is 0.304. The summed E-state index contributed by atoms with van der Waals surface area (Å²) in [7, 11) is 1.65. The van der Waals surface area contributed by atoms with Crippen LogP contribution in [0.4, 0.5) is 19.0 Å². The third kappa shape index (κ3) is 4.34. The first-order valence-corrected chi connectivity index (χ1v) is 10.1. The molecule has 0 saturated carbocycles. The van der Waals surface area contributed by atoms with Gasteiger partial charge in [-0.15, -0.1) is 0 Å². The number of alkyl halides is 3. The summed E-state index contributed by atoms with van der Waals surface area (Å²) in [6.45, 7) is 3.45. The molecule has 1 aliphatic rings. The maximum Gasteiger partial charge on any atom is 0.416 e. The molecule has 31 heavy (non-hydrogen) atoms. The molecule has 1 aliphatic heterocycles. The first-order chi connectivity index (χ1) is 14.7. The molecular weight excluding hydrogens is 405 g/mol. The summed E-state index contributed by atoms with van der Waals surface area (Å²) in [6.07, 6.45) is -1.38. The molecule has 0 spiro atoms. The van der Waals surface area contributed by atoms with E-state index in [2.05, 4.69) is 21.7 Å². The molecule has 2 heterocycles. The summed E-state index contributed by atoms with van der Waals surface area (Å²) in [5, 5.41) is 7.18. The number of fused-ring (bicyclic) bond motifs is 1. The van der Waals surface area contributed by atoms with Gasteiger partial charge < -0.3 is 10.6 Å². The number of halogens is 3. The van der Waals surface area contributed by atoms with Crippen molar-refractivity contribution < 1.29 is 13.2 Å². The van der Waals surface area contributed by atoms with Gasteiger partial charge in [0.05, 0.1) is 11.1 Å². The lowest BCUT2D eigenvalue weighted by atomic mass is 9.98. The van der Waals surface area contributed by atoms with Crippen LogP contribution >= 0.6 is 0 Å². The molecule has 0 unspecified atom stereocenters. The molecule has 0 aliphatic carbocycles. The van der Waals surface area contributed by atoms with Crippen molar-refractivity contribution >= 4 is 22.3 Å². The smallest absolute Gasteiger partial charge is 0.363 e. The second-order valence-electron chi connectivity index (χ2n) is 7.71. The van der Waals surface area contributed by atoms with Crippen molar-refractivity contribution in [2.75, 3.05) is 18.4 Å². The standard InChI is InChI=1S/C23H23F3N4O/c1-14(16-4-3-5-18(12-16)23(24,25)26)28-21-19-13-17(15-8-10-27-11-9-15)6-7-20(19)30(2)22(31)29-21/h3-8,12-14,27H,9-11H2,1-2H3,(H,28,29,31)/t14-/m1/s1. The zero-order valence-corrected chi connectivity index (χ0v) is 17.3. The number of aromatic nitrogens is 2. The number of benzene rings is 2. The molecular formula is C23H23F3N4O. The van der Waals surface area contributed by atoms with E-state index in [0.717, 1.165) is 42.6 Å². The molecule has 4 rings (SSSR count). The molecule has 0 bridgehead atoms. The van der Waals surface area contributed by atoms with E-state index in [4.69, 9.17) is 0 Å². The molecule has 2 N–H and O–H groups in total. The van der Waals surface area contributed by atoms with Crippen LogP contribution in [0.15, 0.2) is 53.3 Å². The molecule has 8 heteroatoms. The van der Waals surface area contributed by atoms with Crippen LogP contribution in [0, 0.1) is 0 Å². The molecule has 0 fully saturated rings. The van der Waals surface area contributed by atoms with Crippen molar-refractivity contribution in [1.82, 2.24) is 14.9 Å². The molecule has 0 amide bonds. The predicted octanol–water partition coefficient (Wildman–Crippen LogP) is 4.50. The van der Waals surface area contributed by atoms with Crippen LogP contribution in [0.2, 0.25) is 0 Å². The zero-order chi connectivity index (χ0) is 22.2. The summed E-state index contributed by atoms with van der Waals surface area (Å²) in [6, 6.07) is 10.5. The Morgan fingerprint density at radius 3 is 2.71 bits per heavy atom. The number of rotatable bonds is 4. The molecule has 0 radical (unpaired) electrons. The summed E-state index contributed by atoms with van der Waals surface area (Å²) in [5.74, 6) is 0.361. The van der Waals surface area contributed by atoms with E-state index in [1.54, 1.807) is 20.0 Å². The first-order valence-electron chi connectivity index (χ1n) is 10.1. The van der Waals surface area contributed by atoms with Crippen molar-refractivity contribution in [3.05, 3.63) is 75.7 Å². The highest BCUT2D eigenvalue weighted by molar-refractivity contribution is 5.92. The van der Waals surface area contributed by atoms with E-state index in [9.17, 15) is 18.0 Å². The second-order valence-corrected chi connectivity index (χ2v) is 7.71. The first kappa shape index (κ1) is 21.1. The Morgan fingerprint density at radius 2 is 2.00 bits per heavy atom. The van der Waals surface area contributed by atoms with E-state index < -0.39 is 23.5 Å². The van der Waals surface area contributed by atoms with Crippen LogP contribution < -0.4 is 16.3 Å². The highest BCUT2D eigenvalue weighted by atomic mass is 19.4. The molecule has 2 aromatic carbocycles. The van der Waals surface area contributed by atoms with E-state index in [1.807, 2.05) is 18.2 Å². The molecule has 1 atom stereocenters. The van der Waals surface area contributed by atoms with Crippen molar-refractivity contribution in [3.8, 4) is 0 Å². The number of aryl methyl sites for hydroxylation is 1. The Balaban J connectivity index is 1.75. The van der Waals surface area contributed by atoms with Crippen LogP contribution in [-0.2, 0) is 13.2 Å². The van der Waals surface area contributed by atoms with Gasteiger partial charge in [0.25, 0.3) is 0 Å². The van der Waals surface area contributed by atoms with Gasteiger partial charge in [0.15, 0.2) is 0 Å². The van der Waals surface area contributed by atoms with Crippen molar-refractivity contribution in [1.29, 1.82) is 0 Å². The minimum absolute atomic E-state index is 0.361. The Morgan fingerprint density at radius 1 is 1.19 bits per heavy atom. The third-order valence-corrected chi connectivity index (χ3v) is 5.61. The zero-order valence-electron chi connectivity index (χ0n) is 17.3. The molecule has 5 nitrogen and oxygen atoms in total. The Bertz CT molecular complexity index is 1210. The van der Waals surface area contributed by atoms with Gasteiger partial charge in [-0.1, -0.05) is 24.3 Å². The summed E-state index contributed by atoms with van der Waals surface area (Å²) in [5.41, 5.74) is 2.29. The van der Waals surface area contributed by atoms with Crippen LogP contribution in [0.3, 0.4) is 0 Å². The van der Waals surface area contributed by atoms with Crippen LogP contribution in [0.1, 0.15) is 36.1 Å². The van der Waals surface area contributed by atoms with Crippen molar-refractivity contribution in [3.63, 3.8) is 0 Å². The number of nitrogens with zero attached hydrogens (tertiary/aromatic N) is 2. The van der Waals surface area contributed by atoms with Crippen LogP contribution in [-0.4, -0.2) is 22.6 Å². The topological polar surface area (TPSA) is 59.0 Å². The van der Waals surface area contributed by atoms with E-state index >= 15 is 0 Å². The van der Waals surface area contributed by atoms with E-state index in [-0.39, 0.29) is 0 Å². The van der Waals surface area contributed by atoms with Gasteiger partial charge in [-0.05, 0) is 60.9 Å². The summed E-state index contributed by atoms with van der Waals surface area (Å²) >= 11 is 0. The number of anilines is 1. The molecule has 3 aromatic rings. The maximum atomic E-state index is 13.1. The highest BCUT2D eigenvalue weighted by Crippen LogP contribution is 2.32. The van der Waals surface area contributed by atoms with E-state index in [0.29, 0.717) is 16.9 Å². The van der Waals surface area contributed by atoms with Crippen LogP contribution in [0.25, 0.3) is 16.5 Å². The number of hydrogen-bond acceptors (Lipinski definition) is 4. The van der Waals surface area contributed by atoms with Gasteiger partial charge >= 0.3 is 11.9 Å². The average Bonchev–Trinajstić information content (AvgIpc) is 2.77. The quantitative estimate of drug-likeness (QED) is 0.642. The van der Waals surface area contributed by atoms with Crippen molar-refractivity contribution in [2.45, 2.75) is 25.6 Å². The summed E-state index contributed by atoms with van der Waals surface area (Å²) < 4.78 is 40.8. The number of nitrogens with one attached hydrogen (secondary N) is 2. The van der Waals surface area contributed by atoms with Gasteiger partial charge in [0.2, 0.25) is 0 Å². The minimum Gasteiger partial charge on any atom is -0.363 e. The summed E-state index contributed by atoms with van der Waals surface area (Å²) in [4.78, 5) is 16.6. The van der Waals surface area contributed by atoms with Gasteiger partial charge in [-0.3, -0.25) is 4.57 Å². The second kappa shape index (κ2) is 8.19. The van der Waals surface area contributed by atoms with Gasteiger partial charge in [-0.2, -0.15) is 18.2 Å². The molecule has 1 aromatic heterocycles. The minimum atomic E-state index is -4.42. The molecule has 162 valence electrons. The van der Waals surface area contributed by atoms with Gasteiger partial charge in [-0.25, -0.2) is 4.79 Å². The van der Waals surface area contributed by atoms with Crippen LogP contribution in [0.5, 0.6) is 0 Å². The fourth-order valence-electron chi connectivity index (χ4n) is 3.82.